The number of carbonyl (C=O) groups excluding carboxylic acids is 2. The molecule has 0 aliphatic rings. The van der Waals surface area contributed by atoms with E-state index in [4.69, 9.17) is 18.8 Å². The maximum absolute atomic E-state index is 11.2. The van der Waals surface area contributed by atoms with E-state index in [9.17, 15) is 9.59 Å². The SMILES string of the molecule is CCC(=O)COc1ccc(OBOc2ccc(OCC(=O)CC)cc2)cc1. The maximum atomic E-state index is 11.2. The summed E-state index contributed by atoms with van der Waals surface area (Å²) in [6.45, 7) is 3.76. The highest BCUT2D eigenvalue weighted by Gasteiger charge is 2.04. The number of ether oxygens (including phenoxy) is 2. The fourth-order valence-corrected chi connectivity index (χ4v) is 1.96. The maximum Gasteiger partial charge on any atom is 0.576 e. The van der Waals surface area contributed by atoms with Gasteiger partial charge in [-0.15, -0.1) is 0 Å². The molecule has 2 aromatic rings. The lowest BCUT2D eigenvalue weighted by atomic mass is 10.2. The van der Waals surface area contributed by atoms with Gasteiger partial charge in [-0.2, -0.15) is 0 Å². The summed E-state index contributed by atoms with van der Waals surface area (Å²) in [6.07, 6.45) is 0.922. The van der Waals surface area contributed by atoms with E-state index in [0.717, 1.165) is 0 Å². The van der Waals surface area contributed by atoms with Crippen molar-refractivity contribution in [3.05, 3.63) is 48.5 Å². The summed E-state index contributed by atoms with van der Waals surface area (Å²) >= 11 is 0. The summed E-state index contributed by atoms with van der Waals surface area (Å²) in [7, 11) is 0.0447. The van der Waals surface area contributed by atoms with Crippen LogP contribution in [-0.2, 0) is 9.59 Å². The van der Waals surface area contributed by atoms with Crippen LogP contribution in [0.1, 0.15) is 26.7 Å². The molecular weight excluding hydrogens is 347 g/mol. The van der Waals surface area contributed by atoms with Crippen molar-refractivity contribution >= 4 is 19.3 Å². The van der Waals surface area contributed by atoms with Crippen molar-refractivity contribution in [2.45, 2.75) is 26.7 Å². The molecule has 0 radical (unpaired) electrons. The van der Waals surface area contributed by atoms with E-state index < -0.39 is 0 Å². The Hall–Kier alpha value is -2.96. The summed E-state index contributed by atoms with van der Waals surface area (Å²) in [5.74, 6) is 2.59. The van der Waals surface area contributed by atoms with Crippen molar-refractivity contribution < 1.29 is 28.4 Å². The second kappa shape index (κ2) is 10.9. The van der Waals surface area contributed by atoms with Gasteiger partial charge in [-0.3, -0.25) is 9.59 Å². The Labute approximate surface area is 159 Å². The van der Waals surface area contributed by atoms with Crippen LogP contribution in [0.15, 0.2) is 48.5 Å². The summed E-state index contributed by atoms with van der Waals surface area (Å²) in [5.41, 5.74) is 0. The largest absolute Gasteiger partial charge is 0.576 e. The highest BCUT2D eigenvalue weighted by Crippen LogP contribution is 2.19. The van der Waals surface area contributed by atoms with Gasteiger partial charge in [0.25, 0.3) is 0 Å². The van der Waals surface area contributed by atoms with E-state index in [-0.39, 0.29) is 32.5 Å². The van der Waals surface area contributed by atoms with Crippen molar-refractivity contribution in [1.29, 1.82) is 0 Å². The molecule has 6 nitrogen and oxygen atoms in total. The quantitative estimate of drug-likeness (QED) is 0.535. The number of rotatable bonds is 12. The van der Waals surface area contributed by atoms with Crippen molar-refractivity contribution in [3.8, 4) is 23.0 Å². The van der Waals surface area contributed by atoms with Crippen LogP contribution in [0.25, 0.3) is 0 Å². The molecule has 0 amide bonds. The Kier molecular flexibility index (Phi) is 8.22. The van der Waals surface area contributed by atoms with Gasteiger partial charge in [0.2, 0.25) is 0 Å². The molecule has 142 valence electrons. The molecule has 7 heteroatoms. The van der Waals surface area contributed by atoms with Gasteiger partial charge in [-0.05, 0) is 48.5 Å². The first kappa shape index (κ1) is 20.4. The topological polar surface area (TPSA) is 71.1 Å². The molecule has 0 heterocycles. The number of hydrogen-bond acceptors (Lipinski definition) is 6. The Morgan fingerprint density at radius 2 is 1.00 bits per heavy atom. The van der Waals surface area contributed by atoms with E-state index in [2.05, 4.69) is 0 Å². The van der Waals surface area contributed by atoms with Crippen molar-refractivity contribution in [2.24, 2.45) is 0 Å². The average molecular weight is 370 g/mol. The van der Waals surface area contributed by atoms with Gasteiger partial charge in [0.05, 0.1) is 0 Å². The van der Waals surface area contributed by atoms with E-state index in [0.29, 0.717) is 35.8 Å². The van der Waals surface area contributed by atoms with Gasteiger partial charge in [-0.1, -0.05) is 13.8 Å². The summed E-state index contributed by atoms with van der Waals surface area (Å²) < 4.78 is 21.8. The minimum atomic E-state index is 0.0447. The van der Waals surface area contributed by atoms with Gasteiger partial charge in [-0.25, -0.2) is 0 Å². The molecule has 0 unspecified atom stereocenters. The van der Waals surface area contributed by atoms with E-state index in [1.54, 1.807) is 62.4 Å². The van der Waals surface area contributed by atoms with Crippen molar-refractivity contribution in [2.75, 3.05) is 13.2 Å². The number of ketones is 2. The average Bonchev–Trinajstić information content (AvgIpc) is 2.72. The predicted molar refractivity (Wildman–Crippen MR) is 103 cm³/mol. The molecule has 0 saturated carbocycles. The first-order valence-electron chi connectivity index (χ1n) is 8.85. The molecule has 0 N–H and O–H groups in total. The molecule has 0 saturated heterocycles. The van der Waals surface area contributed by atoms with Gasteiger partial charge in [0.15, 0.2) is 11.6 Å². The predicted octanol–water partition coefficient (Wildman–Crippen LogP) is 3.13. The van der Waals surface area contributed by atoms with Gasteiger partial charge in [0, 0.05) is 12.8 Å². The van der Waals surface area contributed by atoms with E-state index in [1.165, 1.54) is 0 Å². The highest BCUT2D eigenvalue weighted by molar-refractivity contribution is 6.20. The second-order valence-corrected chi connectivity index (χ2v) is 5.71. The lowest BCUT2D eigenvalue weighted by Crippen LogP contribution is -2.11. The molecular formula is C20H23BO6. The normalized spacial score (nSPS) is 10.0. The fraction of sp³-hybridized carbons (Fsp3) is 0.300. The first-order valence-corrected chi connectivity index (χ1v) is 8.85. The molecule has 0 aliphatic carbocycles. The molecule has 2 rings (SSSR count). The van der Waals surface area contributed by atoms with E-state index in [1.807, 2.05) is 0 Å². The zero-order valence-electron chi connectivity index (χ0n) is 15.6. The number of benzene rings is 2. The monoisotopic (exact) mass is 370 g/mol. The third-order valence-corrected chi connectivity index (χ3v) is 3.69. The lowest BCUT2D eigenvalue weighted by Gasteiger charge is -2.10. The Balaban J connectivity index is 1.72. The molecule has 0 fully saturated rings. The third kappa shape index (κ3) is 7.44. The molecule has 0 aliphatic heterocycles. The minimum absolute atomic E-state index is 0.0447. The first-order chi connectivity index (χ1) is 13.1. The van der Waals surface area contributed by atoms with Gasteiger partial charge in [0.1, 0.15) is 36.2 Å². The smallest absolute Gasteiger partial charge is 0.529 e. The van der Waals surface area contributed by atoms with Gasteiger partial charge >= 0.3 is 7.69 Å². The highest BCUT2D eigenvalue weighted by atomic mass is 16.6. The Bertz CT molecular complexity index is 664. The number of carbonyl (C=O) groups is 2. The Morgan fingerprint density at radius 1 is 0.667 bits per heavy atom. The lowest BCUT2D eigenvalue weighted by molar-refractivity contribution is -0.121. The van der Waals surface area contributed by atoms with Gasteiger partial charge < -0.3 is 18.8 Å². The van der Waals surface area contributed by atoms with Crippen LogP contribution < -0.4 is 18.8 Å². The minimum Gasteiger partial charge on any atom is -0.529 e. The van der Waals surface area contributed by atoms with Crippen LogP contribution >= 0.6 is 0 Å². The summed E-state index contributed by atoms with van der Waals surface area (Å²) in [4.78, 5) is 22.5. The van der Waals surface area contributed by atoms with E-state index >= 15 is 0 Å². The zero-order valence-corrected chi connectivity index (χ0v) is 15.6. The molecule has 27 heavy (non-hydrogen) atoms. The summed E-state index contributed by atoms with van der Waals surface area (Å²) in [5, 5.41) is 0. The summed E-state index contributed by atoms with van der Waals surface area (Å²) in [6, 6.07) is 13.9. The number of Topliss-reactive ketones (excluding diaryl/α,β-unsaturated/α-hetero) is 2. The van der Waals surface area contributed by atoms with Crippen LogP contribution in [0.2, 0.25) is 0 Å². The zero-order chi connectivity index (χ0) is 19.5. The van der Waals surface area contributed by atoms with Crippen LogP contribution in [0.3, 0.4) is 0 Å². The van der Waals surface area contributed by atoms with Crippen LogP contribution in [0, 0.1) is 0 Å². The molecule has 0 atom stereocenters. The fourth-order valence-electron chi connectivity index (χ4n) is 1.96. The molecule has 0 spiro atoms. The second-order valence-electron chi connectivity index (χ2n) is 5.71. The van der Waals surface area contributed by atoms with Crippen molar-refractivity contribution in [1.82, 2.24) is 0 Å². The van der Waals surface area contributed by atoms with Crippen LogP contribution in [0.4, 0.5) is 0 Å². The molecule has 2 aromatic carbocycles. The molecule has 0 bridgehead atoms. The Morgan fingerprint density at radius 3 is 1.33 bits per heavy atom. The third-order valence-electron chi connectivity index (χ3n) is 3.69. The van der Waals surface area contributed by atoms with Crippen molar-refractivity contribution in [3.63, 3.8) is 0 Å². The standard InChI is InChI=1S/C20H23BO6/c1-3-15(22)13-24-17-5-9-19(10-6-17)26-21-27-20-11-7-18(8-12-20)25-14-16(23)4-2/h5-12,21H,3-4,13-14H2,1-2H3. The number of hydrogen-bond donors (Lipinski definition) is 0. The van der Waals surface area contributed by atoms with Crippen LogP contribution in [0.5, 0.6) is 23.0 Å². The van der Waals surface area contributed by atoms with Crippen LogP contribution in [-0.4, -0.2) is 32.5 Å². The molecule has 0 aromatic heterocycles.